The van der Waals surface area contributed by atoms with E-state index in [-0.39, 0.29) is 5.54 Å². The van der Waals surface area contributed by atoms with Gasteiger partial charge in [0.2, 0.25) is 5.89 Å². The van der Waals surface area contributed by atoms with Gasteiger partial charge in [-0.3, -0.25) is 0 Å². The highest BCUT2D eigenvalue weighted by Crippen LogP contribution is 2.36. The first-order valence-corrected chi connectivity index (χ1v) is 7.91. The zero-order chi connectivity index (χ0) is 15.6. The van der Waals surface area contributed by atoms with Gasteiger partial charge in [-0.25, -0.2) is 0 Å². The lowest BCUT2D eigenvalue weighted by Crippen LogP contribution is -2.44. The first kappa shape index (κ1) is 15.0. The predicted octanol–water partition coefficient (Wildman–Crippen LogP) is 3.15. The molecule has 1 aliphatic rings. The van der Waals surface area contributed by atoms with Crippen LogP contribution in [0.15, 0.2) is 28.8 Å². The molecule has 0 spiro atoms. The van der Waals surface area contributed by atoms with Crippen molar-refractivity contribution in [3.05, 3.63) is 41.5 Å². The third-order valence-corrected chi connectivity index (χ3v) is 4.29. The molecule has 1 saturated carbocycles. The van der Waals surface area contributed by atoms with E-state index in [0.29, 0.717) is 30.7 Å². The second kappa shape index (κ2) is 6.08. The average Bonchev–Trinajstić information content (AvgIpc) is 2.94. The summed E-state index contributed by atoms with van der Waals surface area (Å²) in [5, 5.41) is 4.00. The van der Waals surface area contributed by atoms with Crippen molar-refractivity contribution in [3.63, 3.8) is 0 Å². The molecule has 1 heterocycles. The summed E-state index contributed by atoms with van der Waals surface area (Å²) in [5.74, 6) is 2.61. The van der Waals surface area contributed by atoms with Crippen molar-refractivity contribution in [2.75, 3.05) is 6.61 Å². The van der Waals surface area contributed by atoms with E-state index in [1.165, 1.54) is 5.56 Å². The summed E-state index contributed by atoms with van der Waals surface area (Å²) < 4.78 is 11.0. The van der Waals surface area contributed by atoms with Crippen LogP contribution in [0.2, 0.25) is 0 Å². The Labute approximate surface area is 130 Å². The largest absolute Gasteiger partial charge is 0.493 e. The Bertz CT molecular complexity index is 615. The zero-order valence-corrected chi connectivity index (χ0v) is 13.2. The van der Waals surface area contributed by atoms with Crippen molar-refractivity contribution in [2.24, 2.45) is 5.73 Å². The van der Waals surface area contributed by atoms with Crippen molar-refractivity contribution < 1.29 is 9.26 Å². The van der Waals surface area contributed by atoms with Crippen molar-refractivity contribution in [2.45, 2.75) is 51.0 Å². The monoisotopic (exact) mass is 301 g/mol. The minimum atomic E-state index is -0.366. The standard InChI is InChI=1S/C17H23N3O2/c1-12(2)13-4-6-14(7-5-13)21-11-8-15-19-16(20-22-15)17(18)9-3-10-17/h4-7,12H,3,8-11,18H2,1-2H3. The SMILES string of the molecule is CC(C)c1ccc(OCCc2nc(C3(N)CCC3)no2)cc1. The number of ether oxygens (including phenoxy) is 1. The van der Waals surface area contributed by atoms with Crippen LogP contribution >= 0.6 is 0 Å². The lowest BCUT2D eigenvalue weighted by molar-refractivity contribution is 0.228. The van der Waals surface area contributed by atoms with E-state index < -0.39 is 0 Å². The van der Waals surface area contributed by atoms with Gasteiger partial charge in [0.05, 0.1) is 18.6 Å². The van der Waals surface area contributed by atoms with Crippen molar-refractivity contribution in [1.29, 1.82) is 0 Å². The molecule has 0 bridgehead atoms. The lowest BCUT2D eigenvalue weighted by Gasteiger charge is -2.34. The van der Waals surface area contributed by atoms with E-state index in [1.807, 2.05) is 12.1 Å². The molecule has 1 aliphatic carbocycles. The molecule has 0 radical (unpaired) electrons. The van der Waals surface area contributed by atoms with Crippen molar-refractivity contribution >= 4 is 0 Å². The van der Waals surface area contributed by atoms with Crippen LogP contribution in [0.25, 0.3) is 0 Å². The second-order valence-electron chi connectivity index (χ2n) is 6.34. The normalized spacial score (nSPS) is 16.5. The fourth-order valence-corrected chi connectivity index (χ4v) is 2.55. The molecule has 5 heteroatoms. The fourth-order valence-electron chi connectivity index (χ4n) is 2.55. The van der Waals surface area contributed by atoms with Crippen LogP contribution in [0.4, 0.5) is 0 Å². The molecule has 5 nitrogen and oxygen atoms in total. The highest BCUT2D eigenvalue weighted by Gasteiger charge is 2.38. The number of benzene rings is 1. The molecular formula is C17H23N3O2. The van der Waals surface area contributed by atoms with Gasteiger partial charge in [-0.05, 0) is 42.9 Å². The smallest absolute Gasteiger partial charge is 0.230 e. The molecule has 0 amide bonds. The first-order valence-electron chi connectivity index (χ1n) is 7.91. The number of rotatable bonds is 6. The quantitative estimate of drug-likeness (QED) is 0.887. The van der Waals surface area contributed by atoms with Crippen molar-refractivity contribution in [3.8, 4) is 5.75 Å². The van der Waals surface area contributed by atoms with Crippen LogP contribution in [-0.2, 0) is 12.0 Å². The highest BCUT2D eigenvalue weighted by atomic mass is 16.5. The van der Waals surface area contributed by atoms with E-state index in [9.17, 15) is 0 Å². The second-order valence-corrected chi connectivity index (χ2v) is 6.34. The number of hydrogen-bond donors (Lipinski definition) is 1. The maximum absolute atomic E-state index is 6.18. The van der Waals surface area contributed by atoms with Gasteiger partial charge in [-0.15, -0.1) is 0 Å². The summed E-state index contributed by atoms with van der Waals surface area (Å²) in [6.07, 6.45) is 3.60. The molecule has 2 aromatic rings. The Morgan fingerprint density at radius 1 is 1.27 bits per heavy atom. The average molecular weight is 301 g/mol. The van der Waals surface area contributed by atoms with Crippen molar-refractivity contribution in [1.82, 2.24) is 10.1 Å². The lowest BCUT2D eigenvalue weighted by atomic mass is 9.77. The Morgan fingerprint density at radius 2 is 2.00 bits per heavy atom. The molecule has 0 aliphatic heterocycles. The maximum Gasteiger partial charge on any atom is 0.230 e. The van der Waals surface area contributed by atoms with E-state index in [4.69, 9.17) is 15.0 Å². The summed E-state index contributed by atoms with van der Waals surface area (Å²) >= 11 is 0. The summed E-state index contributed by atoms with van der Waals surface area (Å²) in [7, 11) is 0. The molecule has 0 unspecified atom stereocenters. The number of hydrogen-bond acceptors (Lipinski definition) is 5. The van der Waals surface area contributed by atoms with Crippen LogP contribution in [0.1, 0.15) is 56.3 Å². The van der Waals surface area contributed by atoms with Gasteiger partial charge in [-0.2, -0.15) is 4.98 Å². The summed E-state index contributed by atoms with van der Waals surface area (Å²) in [4.78, 5) is 4.39. The molecule has 3 rings (SSSR count). The van der Waals surface area contributed by atoms with Gasteiger partial charge in [0.25, 0.3) is 0 Å². The van der Waals surface area contributed by atoms with Gasteiger partial charge in [0, 0.05) is 0 Å². The van der Waals surface area contributed by atoms with E-state index in [0.717, 1.165) is 25.0 Å². The van der Waals surface area contributed by atoms with Crippen LogP contribution in [0.3, 0.4) is 0 Å². The summed E-state index contributed by atoms with van der Waals surface area (Å²) in [6.45, 7) is 4.87. The minimum absolute atomic E-state index is 0.366. The van der Waals surface area contributed by atoms with Crippen LogP contribution in [0, 0.1) is 0 Å². The summed E-state index contributed by atoms with van der Waals surface area (Å²) in [5.41, 5.74) is 7.12. The molecule has 0 atom stereocenters. The first-order chi connectivity index (χ1) is 10.6. The van der Waals surface area contributed by atoms with Gasteiger partial charge in [-0.1, -0.05) is 31.1 Å². The van der Waals surface area contributed by atoms with Gasteiger partial charge < -0.3 is 15.0 Å². The third-order valence-electron chi connectivity index (χ3n) is 4.29. The molecule has 1 aromatic heterocycles. The molecule has 1 aromatic carbocycles. The summed E-state index contributed by atoms with van der Waals surface area (Å²) in [6, 6.07) is 8.19. The zero-order valence-electron chi connectivity index (χ0n) is 13.2. The van der Waals surface area contributed by atoms with Gasteiger partial charge in [0.15, 0.2) is 5.82 Å². The molecule has 1 fully saturated rings. The van der Waals surface area contributed by atoms with E-state index in [2.05, 4.69) is 36.1 Å². The highest BCUT2D eigenvalue weighted by molar-refractivity contribution is 5.28. The Morgan fingerprint density at radius 3 is 2.59 bits per heavy atom. The molecule has 0 saturated heterocycles. The van der Waals surface area contributed by atoms with Crippen LogP contribution in [-0.4, -0.2) is 16.7 Å². The Kier molecular flexibility index (Phi) is 4.16. The predicted molar refractivity (Wildman–Crippen MR) is 83.7 cm³/mol. The number of aromatic nitrogens is 2. The third kappa shape index (κ3) is 3.14. The molecule has 118 valence electrons. The maximum atomic E-state index is 6.18. The fraction of sp³-hybridized carbons (Fsp3) is 0.529. The van der Waals surface area contributed by atoms with Crippen LogP contribution < -0.4 is 10.5 Å². The Balaban J connectivity index is 1.50. The van der Waals surface area contributed by atoms with Crippen LogP contribution in [0.5, 0.6) is 5.75 Å². The number of nitrogens with two attached hydrogens (primary N) is 1. The van der Waals surface area contributed by atoms with E-state index >= 15 is 0 Å². The molecule has 22 heavy (non-hydrogen) atoms. The van der Waals surface area contributed by atoms with E-state index in [1.54, 1.807) is 0 Å². The molecule has 2 N–H and O–H groups in total. The molecular weight excluding hydrogens is 278 g/mol. The number of nitrogens with zero attached hydrogens (tertiary/aromatic N) is 2. The van der Waals surface area contributed by atoms with Gasteiger partial charge in [0.1, 0.15) is 5.75 Å². The topological polar surface area (TPSA) is 74.2 Å². The minimum Gasteiger partial charge on any atom is -0.493 e. The Hall–Kier alpha value is -1.88. The van der Waals surface area contributed by atoms with Gasteiger partial charge >= 0.3 is 0 Å².